The topological polar surface area (TPSA) is 29.6 Å². The van der Waals surface area contributed by atoms with Crippen LogP contribution in [0.2, 0.25) is 0 Å². The minimum atomic E-state index is -0.390. The summed E-state index contributed by atoms with van der Waals surface area (Å²) in [7, 11) is 0. The molecule has 234 valence electrons. The molecule has 2 unspecified atom stereocenters. The van der Waals surface area contributed by atoms with Gasteiger partial charge in [-0.05, 0) is 79.7 Å². The molecule has 0 radical (unpaired) electrons. The second-order valence-electron chi connectivity index (χ2n) is 13.8. The predicted molar refractivity (Wildman–Crippen MR) is 209 cm³/mol. The van der Waals surface area contributed by atoms with E-state index in [4.69, 9.17) is 9.98 Å². The monoisotopic (exact) mass is 637 g/mol. The smallest absolute Gasteiger partial charge is 0.157 e. The number of benzene rings is 8. The molecular weight excluding hydrogens is 607 g/mol. The fourth-order valence-corrected chi connectivity index (χ4v) is 8.43. The first-order valence-corrected chi connectivity index (χ1v) is 17.4. The van der Waals surface area contributed by atoms with Crippen LogP contribution in [0.15, 0.2) is 180 Å². The summed E-state index contributed by atoms with van der Waals surface area (Å²) in [6, 6.07) is 61.6. The normalized spacial score (nSPS) is 18.4. The molecule has 0 bridgehead atoms. The van der Waals surface area contributed by atoms with E-state index in [0.29, 0.717) is 0 Å². The third kappa shape index (κ3) is 4.04. The Labute approximate surface area is 289 Å². The van der Waals surface area contributed by atoms with E-state index in [-0.39, 0.29) is 11.5 Å². The number of hydrogen-bond acceptors (Lipinski definition) is 2. The standard InChI is InChI=1S/C47H31N3/c1-2-10-30(11-3-1)36-21-24-40-43(28-36)50(42-25-22-33-14-8-9-17-39(33)44(40)42)46-41-29-47(41,38-23-20-32-13-5-7-16-35(32)27-38)49-45(48-46)37-19-18-31-12-4-6-15-34(31)26-37/h1-28,41H,29H2. The number of amidine groups is 1. The van der Waals surface area contributed by atoms with Gasteiger partial charge in [0, 0.05) is 22.3 Å². The van der Waals surface area contributed by atoms with E-state index in [1.165, 1.54) is 70.8 Å². The van der Waals surface area contributed by atoms with E-state index in [9.17, 15) is 0 Å². The summed E-state index contributed by atoms with van der Waals surface area (Å²) in [4.78, 5) is 11.2. The van der Waals surface area contributed by atoms with Crippen LogP contribution in [0.25, 0.3) is 65.3 Å². The van der Waals surface area contributed by atoms with Gasteiger partial charge >= 0.3 is 0 Å². The fraction of sp³-hybridized carbons (Fsp3) is 0.0638. The Morgan fingerprint density at radius 2 is 1.14 bits per heavy atom. The van der Waals surface area contributed by atoms with Crippen LogP contribution in [0.3, 0.4) is 0 Å². The summed E-state index contributed by atoms with van der Waals surface area (Å²) < 4.78 is 2.47. The molecule has 8 aromatic carbocycles. The van der Waals surface area contributed by atoms with Crippen molar-refractivity contribution < 1.29 is 0 Å². The summed E-state index contributed by atoms with van der Waals surface area (Å²) in [6.45, 7) is 0. The van der Waals surface area contributed by atoms with Gasteiger partial charge in [-0.15, -0.1) is 0 Å². The summed E-state index contributed by atoms with van der Waals surface area (Å²) in [5.41, 5.74) is 6.67. The van der Waals surface area contributed by atoms with Crippen LogP contribution in [0.4, 0.5) is 0 Å². The molecule has 0 saturated heterocycles. The molecule has 1 fully saturated rings. The van der Waals surface area contributed by atoms with Crippen LogP contribution in [-0.2, 0) is 5.54 Å². The van der Waals surface area contributed by atoms with Crippen LogP contribution in [0, 0.1) is 5.92 Å². The van der Waals surface area contributed by atoms with Gasteiger partial charge in [-0.3, -0.25) is 9.56 Å². The summed E-state index contributed by atoms with van der Waals surface area (Å²) in [6.07, 6.45) is 0.911. The molecule has 1 aliphatic heterocycles. The molecule has 2 aliphatic rings. The molecule has 9 aromatic rings. The Morgan fingerprint density at radius 1 is 0.480 bits per heavy atom. The second-order valence-corrected chi connectivity index (χ2v) is 13.8. The zero-order valence-electron chi connectivity index (χ0n) is 27.3. The zero-order chi connectivity index (χ0) is 32.8. The number of aliphatic imine (C=N–C) groups is 2. The average molecular weight is 638 g/mol. The highest BCUT2D eigenvalue weighted by atomic mass is 15.2. The predicted octanol–water partition coefficient (Wildman–Crippen LogP) is 11.5. The van der Waals surface area contributed by atoms with Gasteiger partial charge in [0.05, 0.1) is 16.6 Å². The Hall–Kier alpha value is -6.32. The van der Waals surface area contributed by atoms with E-state index in [2.05, 4.69) is 174 Å². The van der Waals surface area contributed by atoms with Crippen molar-refractivity contribution >= 4 is 65.8 Å². The van der Waals surface area contributed by atoms with Gasteiger partial charge in [-0.1, -0.05) is 146 Å². The third-order valence-corrected chi connectivity index (χ3v) is 11.0. The number of aromatic nitrogens is 1. The van der Waals surface area contributed by atoms with Crippen molar-refractivity contribution in [3.63, 3.8) is 0 Å². The van der Waals surface area contributed by atoms with Gasteiger partial charge < -0.3 is 0 Å². The lowest BCUT2D eigenvalue weighted by Crippen LogP contribution is -2.27. The van der Waals surface area contributed by atoms with Crippen molar-refractivity contribution in [1.29, 1.82) is 0 Å². The highest BCUT2D eigenvalue weighted by Crippen LogP contribution is 2.59. The molecule has 1 saturated carbocycles. The van der Waals surface area contributed by atoms with Crippen molar-refractivity contribution in [3.05, 3.63) is 181 Å². The zero-order valence-corrected chi connectivity index (χ0v) is 27.3. The molecule has 1 aromatic heterocycles. The van der Waals surface area contributed by atoms with Gasteiger partial charge in [-0.2, -0.15) is 0 Å². The molecule has 0 N–H and O–H groups in total. The average Bonchev–Trinajstić information content (AvgIpc) is 3.85. The quantitative estimate of drug-likeness (QED) is 0.185. The van der Waals surface area contributed by atoms with E-state index < -0.39 is 0 Å². The maximum Gasteiger partial charge on any atom is 0.157 e. The Balaban J connectivity index is 1.20. The molecule has 0 spiro atoms. The summed E-state index contributed by atoms with van der Waals surface area (Å²) >= 11 is 0. The molecule has 3 nitrogen and oxygen atoms in total. The van der Waals surface area contributed by atoms with Crippen molar-refractivity contribution in [2.45, 2.75) is 12.0 Å². The number of hydrogen-bond donors (Lipinski definition) is 0. The fourth-order valence-electron chi connectivity index (χ4n) is 8.43. The first-order chi connectivity index (χ1) is 24.7. The highest BCUT2D eigenvalue weighted by molar-refractivity contribution is 6.26. The minimum absolute atomic E-state index is 0.138. The second kappa shape index (κ2) is 10.3. The number of fused-ring (bicyclic) bond motifs is 8. The van der Waals surface area contributed by atoms with E-state index in [0.717, 1.165) is 23.7 Å². The van der Waals surface area contributed by atoms with Crippen LogP contribution >= 0.6 is 0 Å². The largest absolute Gasteiger partial charge is 0.297 e. The number of rotatable bonds is 3. The van der Waals surface area contributed by atoms with Gasteiger partial charge in [0.2, 0.25) is 0 Å². The Kier molecular flexibility index (Phi) is 5.71. The first kappa shape index (κ1) is 27.6. The van der Waals surface area contributed by atoms with E-state index in [1.807, 2.05) is 0 Å². The van der Waals surface area contributed by atoms with Crippen LogP contribution < -0.4 is 0 Å². The number of nitrogens with zero attached hydrogens (tertiary/aromatic N) is 3. The lowest BCUT2D eigenvalue weighted by Gasteiger charge is -2.23. The van der Waals surface area contributed by atoms with Gasteiger partial charge in [-0.25, -0.2) is 4.99 Å². The van der Waals surface area contributed by atoms with Crippen molar-refractivity contribution in [1.82, 2.24) is 4.57 Å². The SMILES string of the molecule is c1ccc(-c2ccc3c4c5ccccc5ccc4n(C4=NC(c5ccc6ccccc6c5)=NC5(c6ccc7ccccc7c6)CC45)c3c2)cc1. The molecule has 0 amide bonds. The van der Waals surface area contributed by atoms with Crippen LogP contribution in [0.5, 0.6) is 0 Å². The van der Waals surface area contributed by atoms with Crippen molar-refractivity contribution in [2.24, 2.45) is 15.9 Å². The molecule has 2 heterocycles. The van der Waals surface area contributed by atoms with Gasteiger partial charge in [0.1, 0.15) is 5.84 Å². The summed E-state index contributed by atoms with van der Waals surface area (Å²) in [5, 5.41) is 9.91. The van der Waals surface area contributed by atoms with Crippen molar-refractivity contribution in [3.8, 4) is 11.1 Å². The summed E-state index contributed by atoms with van der Waals surface area (Å²) in [5.74, 6) is 2.00. The van der Waals surface area contributed by atoms with Crippen LogP contribution in [0.1, 0.15) is 17.5 Å². The maximum absolute atomic E-state index is 5.59. The minimum Gasteiger partial charge on any atom is -0.297 e. The lowest BCUT2D eigenvalue weighted by atomic mass is 9.97. The molecule has 50 heavy (non-hydrogen) atoms. The lowest BCUT2D eigenvalue weighted by molar-refractivity contribution is 0.696. The van der Waals surface area contributed by atoms with Gasteiger partial charge in [0.15, 0.2) is 5.84 Å². The highest BCUT2D eigenvalue weighted by Gasteiger charge is 2.61. The van der Waals surface area contributed by atoms with E-state index in [1.54, 1.807) is 0 Å². The molecule has 3 heteroatoms. The molecule has 1 aliphatic carbocycles. The van der Waals surface area contributed by atoms with Crippen LogP contribution in [-0.4, -0.2) is 16.2 Å². The van der Waals surface area contributed by atoms with Crippen molar-refractivity contribution in [2.75, 3.05) is 0 Å². The van der Waals surface area contributed by atoms with Gasteiger partial charge in [0.25, 0.3) is 0 Å². The first-order valence-electron chi connectivity index (χ1n) is 17.4. The molecular formula is C47H31N3. The van der Waals surface area contributed by atoms with E-state index >= 15 is 0 Å². The molecule has 2 atom stereocenters. The third-order valence-electron chi connectivity index (χ3n) is 11.0. The molecule has 11 rings (SSSR count). The Bertz CT molecular complexity index is 2910. The Morgan fingerprint density at radius 3 is 1.96 bits per heavy atom. The maximum atomic E-state index is 5.59.